The number of aryl methyl sites for hydroxylation is 1. The summed E-state index contributed by atoms with van der Waals surface area (Å²) in [6.45, 7) is 9.45. The summed E-state index contributed by atoms with van der Waals surface area (Å²) in [4.78, 5) is 53.5. The summed E-state index contributed by atoms with van der Waals surface area (Å²) >= 11 is 0. The fourth-order valence-electron chi connectivity index (χ4n) is 5.39. The van der Waals surface area contributed by atoms with Crippen LogP contribution < -0.4 is 26.2 Å². The van der Waals surface area contributed by atoms with E-state index in [0.717, 1.165) is 37.3 Å². The van der Waals surface area contributed by atoms with Crippen molar-refractivity contribution in [3.8, 4) is 6.07 Å². The van der Waals surface area contributed by atoms with Crippen LogP contribution in [0.5, 0.6) is 0 Å². The molecule has 46 heavy (non-hydrogen) atoms. The van der Waals surface area contributed by atoms with Crippen LogP contribution in [0.2, 0.25) is 0 Å². The lowest BCUT2D eigenvalue weighted by Gasteiger charge is -2.36. The van der Waals surface area contributed by atoms with Crippen molar-refractivity contribution in [3.63, 3.8) is 0 Å². The van der Waals surface area contributed by atoms with Crippen molar-refractivity contribution in [2.45, 2.75) is 25.8 Å². The summed E-state index contributed by atoms with van der Waals surface area (Å²) in [7, 11) is 2.07. The van der Waals surface area contributed by atoms with E-state index in [2.05, 4.69) is 55.7 Å². The molecule has 5 rings (SSSR count). The van der Waals surface area contributed by atoms with Crippen LogP contribution in [0.25, 0.3) is 0 Å². The Labute approximate surface area is 268 Å². The first-order valence-electron chi connectivity index (χ1n) is 15.2. The number of likely N-dealkylation sites (tertiary alicyclic amines) is 1. The molecule has 4 amide bonds. The molecular formula is C33H38N10O3. The van der Waals surface area contributed by atoms with Gasteiger partial charge in [0.2, 0.25) is 11.9 Å². The minimum Gasteiger partial charge on any atom is -0.353 e. The second-order valence-electron chi connectivity index (χ2n) is 11.4. The summed E-state index contributed by atoms with van der Waals surface area (Å²) < 4.78 is 0. The fourth-order valence-corrected chi connectivity index (χ4v) is 5.39. The number of piperidine rings is 1. The highest BCUT2D eigenvalue weighted by Gasteiger charge is 2.24. The molecule has 2 aromatic carbocycles. The highest BCUT2D eigenvalue weighted by Crippen LogP contribution is 2.28. The van der Waals surface area contributed by atoms with Gasteiger partial charge in [0, 0.05) is 55.2 Å². The van der Waals surface area contributed by atoms with Crippen molar-refractivity contribution in [2.24, 2.45) is 0 Å². The van der Waals surface area contributed by atoms with Crippen LogP contribution in [0.3, 0.4) is 0 Å². The van der Waals surface area contributed by atoms with Crippen LogP contribution in [0, 0.1) is 18.3 Å². The molecule has 0 radical (unpaired) electrons. The lowest BCUT2D eigenvalue weighted by Crippen LogP contribution is -2.50. The molecule has 0 spiro atoms. The number of carbonyl (C=O) groups is 3. The zero-order chi connectivity index (χ0) is 32.6. The minimum absolute atomic E-state index is 0.103. The van der Waals surface area contributed by atoms with Gasteiger partial charge in [0.1, 0.15) is 5.82 Å². The van der Waals surface area contributed by atoms with E-state index in [1.807, 2.05) is 6.92 Å². The zero-order valence-corrected chi connectivity index (χ0v) is 26.0. The lowest BCUT2D eigenvalue weighted by molar-refractivity contribution is -0.111. The first kappa shape index (κ1) is 31.9. The van der Waals surface area contributed by atoms with Crippen LogP contribution in [-0.2, 0) is 4.79 Å². The van der Waals surface area contributed by atoms with E-state index in [1.165, 1.54) is 6.08 Å². The average Bonchev–Trinajstić information content (AvgIpc) is 3.07. The molecule has 13 heteroatoms. The maximum absolute atomic E-state index is 13.1. The smallest absolute Gasteiger partial charge is 0.321 e. The van der Waals surface area contributed by atoms with Crippen LogP contribution in [0.4, 0.5) is 33.6 Å². The Balaban J connectivity index is 1.25. The number of aromatic nitrogens is 2. The van der Waals surface area contributed by atoms with Crippen molar-refractivity contribution >= 4 is 46.7 Å². The van der Waals surface area contributed by atoms with E-state index in [9.17, 15) is 14.4 Å². The number of hydrogen-bond acceptors (Lipinski definition) is 9. The average molecular weight is 623 g/mol. The normalized spacial score (nSPS) is 15.4. The number of rotatable bonds is 8. The molecule has 3 heterocycles. The standard InChI is InChI=1S/C33H38N10O3/c1-4-29(44)38-28-19-24(31(45)36-26-11-13-41(3)14-12-26)7-10-27(28)39-32-35-21-22(2)30(40-32)42-15-17-43(18-16-42)33(46)37-25-8-5-23(20-34)6-9-25/h4-10,19,21,26H,1,11-18H2,2-3H3,(H,36,45)(H,37,46)(H,38,44)(H,35,39,40). The molecule has 0 bridgehead atoms. The molecule has 1 aromatic heterocycles. The van der Waals surface area contributed by atoms with Gasteiger partial charge in [-0.2, -0.15) is 10.2 Å². The van der Waals surface area contributed by atoms with Gasteiger partial charge in [0.25, 0.3) is 5.91 Å². The Morgan fingerprint density at radius 2 is 1.70 bits per heavy atom. The Kier molecular flexibility index (Phi) is 10.1. The summed E-state index contributed by atoms with van der Waals surface area (Å²) in [6, 6.07) is 13.8. The Bertz CT molecular complexity index is 1640. The number of anilines is 5. The molecule has 0 aliphatic carbocycles. The van der Waals surface area contributed by atoms with Gasteiger partial charge in [-0.1, -0.05) is 6.58 Å². The molecule has 13 nitrogen and oxygen atoms in total. The third kappa shape index (κ3) is 7.96. The molecule has 0 saturated carbocycles. The monoisotopic (exact) mass is 622 g/mol. The number of nitrogens with one attached hydrogen (secondary N) is 4. The first-order chi connectivity index (χ1) is 22.2. The molecule has 0 unspecified atom stereocenters. The lowest BCUT2D eigenvalue weighted by atomic mass is 10.0. The van der Waals surface area contributed by atoms with E-state index in [-0.39, 0.29) is 18.0 Å². The second kappa shape index (κ2) is 14.5. The Morgan fingerprint density at radius 1 is 0.978 bits per heavy atom. The van der Waals surface area contributed by atoms with Gasteiger partial charge in [0.15, 0.2) is 0 Å². The topological polar surface area (TPSA) is 159 Å². The van der Waals surface area contributed by atoms with E-state index < -0.39 is 5.91 Å². The predicted octanol–water partition coefficient (Wildman–Crippen LogP) is 3.70. The van der Waals surface area contributed by atoms with Crippen LogP contribution in [0.1, 0.15) is 34.3 Å². The number of amides is 4. The zero-order valence-electron chi connectivity index (χ0n) is 26.0. The highest BCUT2D eigenvalue weighted by atomic mass is 16.2. The van der Waals surface area contributed by atoms with Crippen LogP contribution >= 0.6 is 0 Å². The largest absolute Gasteiger partial charge is 0.353 e. The van der Waals surface area contributed by atoms with Gasteiger partial charge < -0.3 is 36.0 Å². The molecule has 4 N–H and O–H groups in total. The SMILES string of the molecule is C=CC(=O)Nc1cc(C(=O)NC2CCN(C)CC2)ccc1Nc1ncc(C)c(N2CCN(C(=O)Nc3ccc(C#N)cc3)CC2)n1. The van der Waals surface area contributed by atoms with E-state index in [0.29, 0.717) is 60.3 Å². The molecule has 2 aliphatic heterocycles. The maximum atomic E-state index is 13.1. The van der Waals surface area contributed by atoms with Crippen LogP contribution in [0.15, 0.2) is 61.3 Å². The quantitative estimate of drug-likeness (QED) is 0.275. The molecule has 2 aliphatic rings. The number of benzene rings is 2. The Hall–Kier alpha value is -5.48. The number of piperazine rings is 1. The third-order valence-electron chi connectivity index (χ3n) is 8.10. The van der Waals surface area contributed by atoms with E-state index in [4.69, 9.17) is 10.2 Å². The minimum atomic E-state index is -0.414. The van der Waals surface area contributed by atoms with Crippen LogP contribution in [-0.4, -0.2) is 90.0 Å². The molecule has 2 saturated heterocycles. The van der Waals surface area contributed by atoms with Crippen molar-refractivity contribution in [1.82, 2.24) is 25.1 Å². The summed E-state index contributed by atoms with van der Waals surface area (Å²) in [5, 5.41) is 20.9. The van der Waals surface area contributed by atoms with E-state index in [1.54, 1.807) is 53.6 Å². The molecule has 3 aromatic rings. The van der Waals surface area contributed by atoms with Gasteiger partial charge >= 0.3 is 6.03 Å². The van der Waals surface area contributed by atoms with Gasteiger partial charge in [-0.05, 0) is 88.4 Å². The van der Waals surface area contributed by atoms with Crippen molar-refractivity contribution in [2.75, 3.05) is 67.2 Å². The fraction of sp³-hybridized carbons (Fsp3) is 0.333. The second-order valence-corrected chi connectivity index (χ2v) is 11.4. The highest BCUT2D eigenvalue weighted by molar-refractivity contribution is 6.03. The molecule has 2 fully saturated rings. The number of urea groups is 1. The maximum Gasteiger partial charge on any atom is 0.321 e. The van der Waals surface area contributed by atoms with Crippen molar-refractivity contribution in [3.05, 3.63) is 78.0 Å². The number of hydrogen-bond donors (Lipinski definition) is 4. The van der Waals surface area contributed by atoms with E-state index >= 15 is 0 Å². The Morgan fingerprint density at radius 3 is 2.37 bits per heavy atom. The van der Waals surface area contributed by atoms with Gasteiger partial charge in [-0.3, -0.25) is 9.59 Å². The van der Waals surface area contributed by atoms with Gasteiger partial charge in [0.05, 0.1) is 23.0 Å². The number of nitriles is 1. The van der Waals surface area contributed by atoms with Crippen molar-refractivity contribution < 1.29 is 14.4 Å². The molecular weight excluding hydrogens is 584 g/mol. The first-order valence-corrected chi connectivity index (χ1v) is 15.2. The summed E-state index contributed by atoms with van der Waals surface area (Å²) in [6.07, 6.45) is 4.66. The van der Waals surface area contributed by atoms with Crippen molar-refractivity contribution in [1.29, 1.82) is 5.26 Å². The van der Waals surface area contributed by atoms with Gasteiger partial charge in [-0.25, -0.2) is 9.78 Å². The summed E-state index contributed by atoms with van der Waals surface area (Å²) in [5.41, 5.74) is 3.38. The summed E-state index contributed by atoms with van der Waals surface area (Å²) in [5.74, 6) is 0.436. The third-order valence-corrected chi connectivity index (χ3v) is 8.10. The number of nitrogens with zero attached hydrogens (tertiary/aromatic N) is 6. The number of carbonyl (C=O) groups excluding carboxylic acids is 3. The molecule has 0 atom stereocenters. The molecule has 238 valence electrons. The van der Waals surface area contributed by atoms with Gasteiger partial charge in [-0.15, -0.1) is 0 Å². The predicted molar refractivity (Wildman–Crippen MR) is 177 cm³/mol.